The summed E-state index contributed by atoms with van der Waals surface area (Å²) in [6.07, 6.45) is 2.26. The van der Waals surface area contributed by atoms with Crippen molar-refractivity contribution in [2.75, 3.05) is 26.2 Å². The van der Waals surface area contributed by atoms with E-state index in [0.717, 1.165) is 36.3 Å². The predicted octanol–water partition coefficient (Wildman–Crippen LogP) is 2.55. The summed E-state index contributed by atoms with van der Waals surface area (Å²) in [5.41, 5.74) is 1.11. The number of nitriles is 1. The van der Waals surface area contributed by atoms with E-state index in [1.807, 2.05) is 12.1 Å². The molecule has 0 radical (unpaired) electrons. The highest BCUT2D eigenvalue weighted by atomic mass is 79.9. The van der Waals surface area contributed by atoms with Crippen LogP contribution in [0.1, 0.15) is 18.0 Å². The molecule has 0 unspecified atom stereocenters. The lowest BCUT2D eigenvalue weighted by molar-refractivity contribution is 0.175. The maximum absolute atomic E-state index is 8.99. The average molecular weight is 368 g/mol. The third kappa shape index (κ3) is 4.90. The van der Waals surface area contributed by atoms with E-state index in [2.05, 4.69) is 37.2 Å². The van der Waals surface area contributed by atoms with Gasteiger partial charge in [0.05, 0.1) is 18.5 Å². The zero-order chi connectivity index (χ0) is 12.1. The van der Waals surface area contributed by atoms with E-state index >= 15 is 0 Å². The van der Waals surface area contributed by atoms with Crippen molar-refractivity contribution in [1.82, 2.24) is 15.2 Å². The monoisotopic (exact) mass is 366 g/mol. The Labute approximate surface area is 134 Å². The van der Waals surface area contributed by atoms with Gasteiger partial charge in [-0.2, -0.15) is 5.26 Å². The van der Waals surface area contributed by atoms with Gasteiger partial charge in [-0.25, -0.2) is 4.98 Å². The van der Waals surface area contributed by atoms with Crippen LogP contribution in [-0.4, -0.2) is 36.1 Å². The van der Waals surface area contributed by atoms with Crippen molar-refractivity contribution >= 4 is 40.7 Å². The summed E-state index contributed by atoms with van der Waals surface area (Å²) < 4.78 is 0.846. The maximum atomic E-state index is 8.99. The fourth-order valence-corrected chi connectivity index (χ4v) is 2.68. The zero-order valence-electron chi connectivity index (χ0n) is 10.4. The van der Waals surface area contributed by atoms with Gasteiger partial charge in [-0.3, -0.25) is 4.90 Å². The molecule has 0 bridgehead atoms. The van der Waals surface area contributed by atoms with Crippen molar-refractivity contribution in [2.24, 2.45) is 0 Å². The number of nitrogens with one attached hydrogen (secondary N) is 1. The summed E-state index contributed by atoms with van der Waals surface area (Å²) in [4.78, 5) is 6.59. The fourth-order valence-electron chi connectivity index (χ4n) is 2.16. The molecule has 2 heterocycles. The molecule has 1 atom stereocenters. The van der Waals surface area contributed by atoms with Crippen molar-refractivity contribution in [1.29, 1.82) is 5.26 Å². The minimum Gasteiger partial charge on any atom is -0.314 e. The van der Waals surface area contributed by atoms with Gasteiger partial charge in [0.2, 0.25) is 0 Å². The number of nitrogens with zero attached hydrogens (tertiary/aromatic N) is 3. The van der Waals surface area contributed by atoms with Gasteiger partial charge in [0.15, 0.2) is 0 Å². The van der Waals surface area contributed by atoms with Crippen LogP contribution in [-0.2, 0) is 0 Å². The molecule has 19 heavy (non-hydrogen) atoms. The molecule has 0 aliphatic carbocycles. The number of piperazine rings is 1. The van der Waals surface area contributed by atoms with Gasteiger partial charge in [0.25, 0.3) is 0 Å². The lowest BCUT2D eigenvalue weighted by atomic mass is 10.0. The lowest BCUT2D eigenvalue weighted by Crippen LogP contribution is -2.45. The van der Waals surface area contributed by atoms with Crippen LogP contribution in [0.5, 0.6) is 0 Å². The molecule has 0 spiro atoms. The summed E-state index contributed by atoms with van der Waals surface area (Å²) in [6.45, 7) is 3.93. The van der Waals surface area contributed by atoms with Gasteiger partial charge >= 0.3 is 0 Å². The molecule has 1 aromatic heterocycles. The molecule has 0 aromatic carbocycles. The SMILES string of the molecule is Cl.Cl.N#CC[C@@H](c1cccnc1Br)N1CCNCC1. The Morgan fingerprint density at radius 3 is 2.68 bits per heavy atom. The first kappa shape index (κ1) is 18.6. The third-order valence-electron chi connectivity index (χ3n) is 3.02. The van der Waals surface area contributed by atoms with E-state index < -0.39 is 0 Å². The highest BCUT2D eigenvalue weighted by Crippen LogP contribution is 2.28. The second-order valence-electron chi connectivity index (χ2n) is 4.05. The molecule has 0 amide bonds. The van der Waals surface area contributed by atoms with Crippen molar-refractivity contribution in [3.63, 3.8) is 0 Å². The van der Waals surface area contributed by atoms with E-state index in [4.69, 9.17) is 5.26 Å². The highest BCUT2D eigenvalue weighted by molar-refractivity contribution is 9.10. The van der Waals surface area contributed by atoms with Crippen LogP contribution in [0, 0.1) is 11.3 Å². The van der Waals surface area contributed by atoms with Crippen LogP contribution in [0.25, 0.3) is 0 Å². The van der Waals surface area contributed by atoms with Gasteiger partial charge in [0.1, 0.15) is 4.60 Å². The molecule has 2 rings (SSSR count). The van der Waals surface area contributed by atoms with Gasteiger partial charge < -0.3 is 5.32 Å². The average Bonchev–Trinajstić information content (AvgIpc) is 2.38. The highest BCUT2D eigenvalue weighted by Gasteiger charge is 2.23. The normalized spacial score (nSPS) is 16.6. The largest absolute Gasteiger partial charge is 0.314 e. The Morgan fingerprint density at radius 1 is 1.42 bits per heavy atom. The van der Waals surface area contributed by atoms with Crippen LogP contribution >= 0.6 is 40.7 Å². The number of rotatable bonds is 3. The Balaban J connectivity index is 0.00000162. The number of aromatic nitrogens is 1. The van der Waals surface area contributed by atoms with Crippen molar-refractivity contribution in [3.05, 3.63) is 28.5 Å². The summed E-state index contributed by atoms with van der Waals surface area (Å²) in [7, 11) is 0. The quantitative estimate of drug-likeness (QED) is 0.834. The van der Waals surface area contributed by atoms with Crippen LogP contribution in [0.3, 0.4) is 0 Å². The van der Waals surface area contributed by atoms with Crippen molar-refractivity contribution < 1.29 is 0 Å². The lowest BCUT2D eigenvalue weighted by Gasteiger charge is -2.34. The molecule has 1 aliphatic rings. The van der Waals surface area contributed by atoms with Crippen LogP contribution in [0.2, 0.25) is 0 Å². The second-order valence-corrected chi connectivity index (χ2v) is 4.80. The van der Waals surface area contributed by atoms with E-state index in [-0.39, 0.29) is 30.9 Å². The number of pyridine rings is 1. The van der Waals surface area contributed by atoms with E-state index in [1.54, 1.807) is 6.20 Å². The summed E-state index contributed by atoms with van der Waals surface area (Å²) >= 11 is 3.47. The maximum Gasteiger partial charge on any atom is 0.110 e. The first-order chi connectivity index (χ1) is 8.33. The molecule has 7 heteroatoms. The first-order valence-corrected chi connectivity index (χ1v) is 6.54. The van der Waals surface area contributed by atoms with Gasteiger partial charge in [0, 0.05) is 37.9 Å². The smallest absolute Gasteiger partial charge is 0.110 e. The number of hydrogen-bond donors (Lipinski definition) is 1. The molecule has 1 saturated heterocycles. The number of halogens is 3. The van der Waals surface area contributed by atoms with E-state index in [0.29, 0.717) is 6.42 Å². The van der Waals surface area contributed by atoms with Crippen molar-refractivity contribution in [3.8, 4) is 6.07 Å². The van der Waals surface area contributed by atoms with Crippen LogP contribution in [0.15, 0.2) is 22.9 Å². The summed E-state index contributed by atoms with van der Waals surface area (Å²) in [5, 5.41) is 12.3. The Kier molecular flexibility index (Phi) is 9.32. The van der Waals surface area contributed by atoms with Crippen molar-refractivity contribution in [2.45, 2.75) is 12.5 Å². The standard InChI is InChI=1S/C12H15BrN4.2ClH/c13-12-10(2-1-5-16-12)11(3-4-14)17-8-6-15-7-9-17;;/h1-2,5,11,15H,3,6-9H2;2*1H/t11-;;/m0../s1. The zero-order valence-corrected chi connectivity index (χ0v) is 13.6. The van der Waals surface area contributed by atoms with E-state index in [1.165, 1.54) is 0 Å². The molecule has 106 valence electrons. The second kappa shape index (κ2) is 9.51. The molecule has 0 saturated carbocycles. The fraction of sp³-hybridized carbons (Fsp3) is 0.500. The summed E-state index contributed by atoms with van der Waals surface area (Å²) in [5.74, 6) is 0. The Bertz CT molecular complexity index is 418. The minimum atomic E-state index is 0. The molecule has 1 aliphatic heterocycles. The molecule has 1 aromatic rings. The minimum absolute atomic E-state index is 0. The van der Waals surface area contributed by atoms with Gasteiger partial charge in [-0.1, -0.05) is 6.07 Å². The van der Waals surface area contributed by atoms with Crippen LogP contribution in [0.4, 0.5) is 0 Å². The summed E-state index contributed by atoms with van der Waals surface area (Å²) in [6, 6.07) is 6.39. The molecule has 4 nitrogen and oxygen atoms in total. The first-order valence-electron chi connectivity index (χ1n) is 5.75. The predicted molar refractivity (Wildman–Crippen MR) is 83.8 cm³/mol. The molecule has 1 fully saturated rings. The van der Waals surface area contributed by atoms with Gasteiger partial charge in [-0.15, -0.1) is 24.8 Å². The third-order valence-corrected chi connectivity index (χ3v) is 3.69. The Morgan fingerprint density at radius 2 is 2.11 bits per heavy atom. The topological polar surface area (TPSA) is 52.0 Å². The molecular weight excluding hydrogens is 351 g/mol. The molecular formula is C12H17BrCl2N4. The molecule has 1 N–H and O–H groups in total. The Hall–Kier alpha value is -0.380. The van der Waals surface area contributed by atoms with Crippen LogP contribution < -0.4 is 5.32 Å². The number of hydrogen-bond acceptors (Lipinski definition) is 4. The van der Waals surface area contributed by atoms with E-state index in [9.17, 15) is 0 Å². The van der Waals surface area contributed by atoms with Gasteiger partial charge in [-0.05, 0) is 22.0 Å².